The van der Waals surface area contributed by atoms with Crippen LogP contribution in [0.3, 0.4) is 0 Å². The molecule has 2 rings (SSSR count). The average Bonchev–Trinajstić information content (AvgIpc) is 2.43. The van der Waals surface area contributed by atoms with Gasteiger partial charge in [0.2, 0.25) is 0 Å². The molecule has 1 N–H and O–H groups in total. The fraction of sp³-hybridized carbons (Fsp3) is 0.647. The molecule has 0 heterocycles. The van der Waals surface area contributed by atoms with Gasteiger partial charge in [0.1, 0.15) is 0 Å². The van der Waals surface area contributed by atoms with Crippen LogP contribution in [0.25, 0.3) is 0 Å². The number of hydrogen-bond donors (Lipinski definition) is 1. The molecular formula is C17H26ClN. The second-order valence-electron chi connectivity index (χ2n) is 6.17. The summed E-state index contributed by atoms with van der Waals surface area (Å²) in [5.41, 5.74) is 4.56. The van der Waals surface area contributed by atoms with Crippen molar-refractivity contribution in [1.29, 1.82) is 0 Å². The number of halogens is 1. The van der Waals surface area contributed by atoms with Crippen LogP contribution in [0.5, 0.6) is 0 Å². The molecule has 0 saturated heterocycles. The van der Waals surface area contributed by atoms with Gasteiger partial charge in [0, 0.05) is 19.0 Å². The molecule has 1 aromatic carbocycles. The highest BCUT2D eigenvalue weighted by Gasteiger charge is 2.30. The van der Waals surface area contributed by atoms with Crippen molar-refractivity contribution in [1.82, 2.24) is 5.32 Å². The summed E-state index contributed by atoms with van der Waals surface area (Å²) in [7, 11) is 0. The minimum atomic E-state index is 0.344. The van der Waals surface area contributed by atoms with E-state index >= 15 is 0 Å². The first kappa shape index (κ1) is 14.9. The van der Waals surface area contributed by atoms with Crippen LogP contribution in [0.1, 0.15) is 48.8 Å². The Bertz CT molecular complexity index is 387. The zero-order valence-electron chi connectivity index (χ0n) is 12.3. The van der Waals surface area contributed by atoms with Crippen molar-refractivity contribution in [3.05, 3.63) is 34.9 Å². The summed E-state index contributed by atoms with van der Waals surface area (Å²) < 4.78 is 0. The summed E-state index contributed by atoms with van der Waals surface area (Å²) in [5.74, 6) is 0.798. The minimum Gasteiger partial charge on any atom is -0.312 e. The Morgan fingerprint density at radius 2 is 1.74 bits per heavy atom. The second kappa shape index (κ2) is 6.76. The number of hydrogen-bond acceptors (Lipinski definition) is 1. The monoisotopic (exact) mass is 279 g/mol. The maximum atomic E-state index is 6.24. The van der Waals surface area contributed by atoms with E-state index < -0.39 is 0 Å². The van der Waals surface area contributed by atoms with Crippen molar-refractivity contribution < 1.29 is 0 Å². The summed E-state index contributed by atoms with van der Waals surface area (Å²) in [6.07, 6.45) is 6.65. The zero-order chi connectivity index (χ0) is 13.7. The smallest absolute Gasteiger partial charge is 0.0292 e. The summed E-state index contributed by atoms with van der Waals surface area (Å²) in [6, 6.07) is 6.53. The number of nitrogens with one attached hydrogen (secondary N) is 1. The van der Waals surface area contributed by atoms with Gasteiger partial charge in [-0.2, -0.15) is 0 Å². The molecule has 2 heteroatoms. The summed E-state index contributed by atoms with van der Waals surface area (Å²) in [4.78, 5) is 0. The van der Waals surface area contributed by atoms with Gasteiger partial charge in [-0.15, -0.1) is 11.6 Å². The van der Waals surface area contributed by atoms with Crippen molar-refractivity contribution in [3.8, 4) is 0 Å². The quantitative estimate of drug-likeness (QED) is 0.778. The number of rotatable bonds is 5. The van der Waals surface area contributed by atoms with Crippen LogP contribution in [0.15, 0.2) is 18.2 Å². The van der Waals surface area contributed by atoms with Gasteiger partial charge in [0.15, 0.2) is 0 Å². The van der Waals surface area contributed by atoms with Gasteiger partial charge >= 0.3 is 0 Å². The van der Waals surface area contributed by atoms with Crippen LogP contribution in [0.4, 0.5) is 0 Å². The molecule has 19 heavy (non-hydrogen) atoms. The van der Waals surface area contributed by atoms with Crippen molar-refractivity contribution in [3.63, 3.8) is 0 Å². The maximum Gasteiger partial charge on any atom is 0.0292 e. The summed E-state index contributed by atoms with van der Waals surface area (Å²) in [6.45, 7) is 6.42. The number of alkyl halides is 1. The van der Waals surface area contributed by atoms with Gasteiger partial charge in [0.05, 0.1) is 0 Å². The fourth-order valence-electron chi connectivity index (χ4n) is 3.24. The van der Waals surface area contributed by atoms with Crippen LogP contribution in [0.2, 0.25) is 0 Å². The molecule has 0 radical (unpaired) electrons. The Balaban J connectivity index is 1.92. The normalized spacial score (nSPS) is 18.5. The predicted molar refractivity (Wildman–Crippen MR) is 83.9 cm³/mol. The van der Waals surface area contributed by atoms with Crippen molar-refractivity contribution in [2.75, 3.05) is 12.4 Å². The van der Waals surface area contributed by atoms with Gasteiger partial charge in [-0.25, -0.2) is 0 Å². The summed E-state index contributed by atoms with van der Waals surface area (Å²) in [5, 5.41) is 3.66. The highest BCUT2D eigenvalue weighted by atomic mass is 35.5. The van der Waals surface area contributed by atoms with E-state index in [-0.39, 0.29) is 0 Å². The topological polar surface area (TPSA) is 12.0 Å². The Morgan fingerprint density at radius 1 is 1.11 bits per heavy atom. The lowest BCUT2D eigenvalue weighted by atomic mass is 9.75. The van der Waals surface area contributed by atoms with Crippen molar-refractivity contribution in [2.24, 2.45) is 5.41 Å². The Labute approximate surface area is 122 Å². The van der Waals surface area contributed by atoms with Gasteiger partial charge in [-0.1, -0.05) is 37.5 Å². The molecule has 1 nitrogen and oxygen atoms in total. The van der Waals surface area contributed by atoms with Crippen LogP contribution in [-0.2, 0) is 6.54 Å². The molecule has 0 atom stereocenters. The van der Waals surface area contributed by atoms with Crippen molar-refractivity contribution >= 4 is 11.6 Å². The van der Waals surface area contributed by atoms with E-state index in [1.165, 1.54) is 48.8 Å². The third-order valence-corrected chi connectivity index (χ3v) is 5.21. The predicted octanol–water partition coefficient (Wildman–Crippen LogP) is 4.58. The zero-order valence-corrected chi connectivity index (χ0v) is 13.0. The van der Waals surface area contributed by atoms with Crippen LogP contribution in [0, 0.1) is 19.3 Å². The summed E-state index contributed by atoms with van der Waals surface area (Å²) >= 11 is 6.24. The molecule has 0 spiro atoms. The molecule has 106 valence electrons. The molecule has 0 aromatic heterocycles. The first-order valence-corrected chi connectivity index (χ1v) is 8.02. The lowest BCUT2D eigenvalue weighted by Crippen LogP contribution is -2.37. The molecule has 1 aliphatic rings. The van der Waals surface area contributed by atoms with Crippen LogP contribution in [-0.4, -0.2) is 12.4 Å². The minimum absolute atomic E-state index is 0.344. The van der Waals surface area contributed by atoms with Crippen molar-refractivity contribution in [2.45, 2.75) is 52.5 Å². The molecule has 1 fully saturated rings. The number of benzene rings is 1. The molecule has 1 aliphatic carbocycles. The molecule has 0 unspecified atom stereocenters. The Kier molecular flexibility index (Phi) is 5.29. The lowest BCUT2D eigenvalue weighted by Gasteiger charge is -2.36. The third kappa shape index (κ3) is 3.73. The first-order valence-electron chi connectivity index (χ1n) is 7.49. The first-order chi connectivity index (χ1) is 9.17. The molecule has 0 bridgehead atoms. The SMILES string of the molecule is Cc1cccc(C)c1CNCC1(CCl)CCCCC1. The van der Waals surface area contributed by atoms with Crippen LogP contribution >= 0.6 is 11.6 Å². The Hall–Kier alpha value is -0.530. The van der Waals surface area contributed by atoms with Gasteiger partial charge in [0.25, 0.3) is 0 Å². The van der Waals surface area contributed by atoms with E-state index in [1.807, 2.05) is 0 Å². The molecule has 1 saturated carbocycles. The van der Waals surface area contributed by atoms with Gasteiger partial charge in [-0.3, -0.25) is 0 Å². The largest absolute Gasteiger partial charge is 0.312 e. The van der Waals surface area contributed by atoms with E-state index in [0.717, 1.165) is 19.0 Å². The number of aryl methyl sites for hydroxylation is 2. The van der Waals surface area contributed by atoms with Gasteiger partial charge < -0.3 is 5.32 Å². The maximum absolute atomic E-state index is 6.24. The van der Waals surface area contributed by atoms with E-state index in [1.54, 1.807) is 0 Å². The Morgan fingerprint density at radius 3 is 2.32 bits per heavy atom. The highest BCUT2D eigenvalue weighted by molar-refractivity contribution is 6.18. The molecule has 0 aliphatic heterocycles. The van der Waals surface area contributed by atoms with E-state index in [2.05, 4.69) is 37.4 Å². The lowest BCUT2D eigenvalue weighted by molar-refractivity contribution is 0.212. The molecule has 1 aromatic rings. The third-order valence-electron chi connectivity index (χ3n) is 4.64. The standard InChI is InChI=1S/C17H26ClN/c1-14-7-6-8-15(2)16(14)11-19-13-17(12-18)9-4-3-5-10-17/h6-8,19H,3-5,9-13H2,1-2H3. The van der Waals surface area contributed by atoms with Gasteiger partial charge in [-0.05, 0) is 48.8 Å². The molecule has 0 amide bonds. The fourth-order valence-corrected chi connectivity index (χ4v) is 3.60. The van der Waals surface area contributed by atoms with E-state index in [9.17, 15) is 0 Å². The van der Waals surface area contributed by atoms with E-state index in [0.29, 0.717) is 5.41 Å². The molecular weight excluding hydrogens is 254 g/mol. The second-order valence-corrected chi connectivity index (χ2v) is 6.44. The van der Waals surface area contributed by atoms with E-state index in [4.69, 9.17) is 11.6 Å². The highest BCUT2D eigenvalue weighted by Crippen LogP contribution is 2.36. The average molecular weight is 280 g/mol. The van der Waals surface area contributed by atoms with Crippen LogP contribution < -0.4 is 5.32 Å².